The molecule has 2 atom stereocenters. The molecule has 2 rings (SSSR count). The van der Waals surface area contributed by atoms with Crippen molar-refractivity contribution in [2.45, 2.75) is 44.2 Å². The lowest BCUT2D eigenvalue weighted by Crippen LogP contribution is -2.50. The third kappa shape index (κ3) is 6.68. The van der Waals surface area contributed by atoms with Gasteiger partial charge in [-0.1, -0.05) is 30.3 Å². The van der Waals surface area contributed by atoms with E-state index in [2.05, 4.69) is 17.4 Å². The Morgan fingerprint density at radius 2 is 2.04 bits per heavy atom. The van der Waals surface area contributed by atoms with E-state index in [0.717, 1.165) is 19.3 Å². The Morgan fingerprint density at radius 1 is 1.25 bits per heavy atom. The summed E-state index contributed by atoms with van der Waals surface area (Å²) < 4.78 is 10.7. The van der Waals surface area contributed by atoms with Crippen LogP contribution in [0.25, 0.3) is 0 Å². The highest BCUT2D eigenvalue weighted by molar-refractivity contribution is 5.76. The molecule has 0 unspecified atom stereocenters. The molecule has 6 heteroatoms. The Balaban J connectivity index is 1.67. The lowest BCUT2D eigenvalue weighted by molar-refractivity contribution is -0.148. The molecule has 1 aliphatic rings. The van der Waals surface area contributed by atoms with E-state index in [4.69, 9.17) is 14.6 Å². The fourth-order valence-electron chi connectivity index (χ4n) is 2.77. The monoisotopic (exact) mass is 335 g/mol. The highest BCUT2D eigenvalue weighted by Crippen LogP contribution is 2.13. The second-order valence-electron chi connectivity index (χ2n) is 5.97. The zero-order valence-corrected chi connectivity index (χ0v) is 13.8. The van der Waals surface area contributed by atoms with Gasteiger partial charge in [0.15, 0.2) is 0 Å². The molecule has 0 aliphatic carbocycles. The number of carbonyl (C=O) groups is 2. The van der Waals surface area contributed by atoms with Crippen LogP contribution < -0.4 is 5.32 Å². The number of carboxylic acids is 1. The molecule has 1 saturated heterocycles. The van der Waals surface area contributed by atoms with Gasteiger partial charge in [0.2, 0.25) is 5.91 Å². The zero-order chi connectivity index (χ0) is 17.2. The molecule has 24 heavy (non-hydrogen) atoms. The molecule has 132 valence electrons. The third-order valence-electron chi connectivity index (χ3n) is 4.02. The highest BCUT2D eigenvalue weighted by Gasteiger charge is 2.28. The van der Waals surface area contributed by atoms with Crippen molar-refractivity contribution in [3.8, 4) is 0 Å². The molecule has 0 aromatic heterocycles. The first kappa shape index (κ1) is 18.4. The van der Waals surface area contributed by atoms with Crippen LogP contribution in [0.4, 0.5) is 0 Å². The topological polar surface area (TPSA) is 84.9 Å². The Hall–Kier alpha value is -1.92. The number of nitrogens with one attached hydrogen (secondary N) is 1. The summed E-state index contributed by atoms with van der Waals surface area (Å²) in [6, 6.07) is 9.92. The molecule has 1 fully saturated rings. The molecule has 1 aromatic rings. The first-order valence-corrected chi connectivity index (χ1v) is 8.39. The van der Waals surface area contributed by atoms with E-state index in [1.165, 1.54) is 5.56 Å². The van der Waals surface area contributed by atoms with Crippen molar-refractivity contribution in [2.75, 3.05) is 19.8 Å². The summed E-state index contributed by atoms with van der Waals surface area (Å²) in [6.07, 6.45) is 3.47. The fraction of sp³-hybridized carbons (Fsp3) is 0.556. The van der Waals surface area contributed by atoms with Gasteiger partial charge in [-0.3, -0.25) is 4.79 Å². The van der Waals surface area contributed by atoms with Crippen molar-refractivity contribution < 1.29 is 24.2 Å². The molecule has 1 aromatic carbocycles. The smallest absolute Gasteiger partial charge is 0.329 e. The normalized spacial score (nSPS) is 20.5. The number of amides is 1. The molecule has 0 saturated carbocycles. The van der Waals surface area contributed by atoms with Crippen LogP contribution in [0.2, 0.25) is 0 Å². The SMILES string of the molecule is O=C(O)CO[C@H]1CCOC[C@H]1NC(=O)CCCCc1ccccc1. The van der Waals surface area contributed by atoms with Crippen LogP contribution in [-0.2, 0) is 25.5 Å². The first-order chi connectivity index (χ1) is 11.6. The van der Waals surface area contributed by atoms with Crippen LogP contribution in [0.15, 0.2) is 30.3 Å². The number of carboxylic acid groups (broad SMARTS) is 1. The van der Waals surface area contributed by atoms with Gasteiger partial charge in [-0.15, -0.1) is 0 Å². The Morgan fingerprint density at radius 3 is 2.79 bits per heavy atom. The number of aryl methyl sites for hydroxylation is 1. The molecule has 2 N–H and O–H groups in total. The Kier molecular flexibility index (Phi) is 7.71. The van der Waals surface area contributed by atoms with E-state index in [0.29, 0.717) is 26.1 Å². The first-order valence-electron chi connectivity index (χ1n) is 8.39. The number of hydrogen-bond donors (Lipinski definition) is 2. The van der Waals surface area contributed by atoms with Crippen molar-refractivity contribution in [1.82, 2.24) is 5.32 Å². The molecule has 0 spiro atoms. The van der Waals surface area contributed by atoms with Gasteiger partial charge in [0.25, 0.3) is 0 Å². The molecule has 0 bridgehead atoms. The molecular weight excluding hydrogens is 310 g/mol. The van der Waals surface area contributed by atoms with Gasteiger partial charge in [-0.2, -0.15) is 0 Å². The van der Waals surface area contributed by atoms with Crippen LogP contribution in [0.3, 0.4) is 0 Å². The molecule has 0 radical (unpaired) electrons. The number of ether oxygens (including phenoxy) is 2. The van der Waals surface area contributed by atoms with Crippen molar-refractivity contribution in [2.24, 2.45) is 0 Å². The summed E-state index contributed by atoms with van der Waals surface area (Å²) in [5.41, 5.74) is 1.28. The number of hydrogen-bond acceptors (Lipinski definition) is 4. The van der Waals surface area contributed by atoms with Crippen LogP contribution >= 0.6 is 0 Å². The highest BCUT2D eigenvalue weighted by atomic mass is 16.5. The van der Waals surface area contributed by atoms with Crippen molar-refractivity contribution in [3.05, 3.63) is 35.9 Å². The van der Waals surface area contributed by atoms with Crippen LogP contribution in [0.5, 0.6) is 0 Å². The number of benzene rings is 1. The van der Waals surface area contributed by atoms with Gasteiger partial charge in [0, 0.05) is 13.0 Å². The Labute approximate surface area is 142 Å². The molecule has 6 nitrogen and oxygen atoms in total. The maximum absolute atomic E-state index is 12.1. The zero-order valence-electron chi connectivity index (χ0n) is 13.8. The van der Waals surface area contributed by atoms with Gasteiger partial charge in [-0.25, -0.2) is 4.79 Å². The van der Waals surface area contributed by atoms with Crippen LogP contribution in [-0.4, -0.2) is 48.9 Å². The Bertz CT molecular complexity index is 519. The average Bonchev–Trinajstić information content (AvgIpc) is 2.59. The maximum atomic E-state index is 12.1. The van der Waals surface area contributed by atoms with E-state index >= 15 is 0 Å². The molecule has 1 aliphatic heterocycles. The lowest BCUT2D eigenvalue weighted by atomic mass is 10.0. The third-order valence-corrected chi connectivity index (χ3v) is 4.02. The summed E-state index contributed by atoms with van der Waals surface area (Å²) >= 11 is 0. The summed E-state index contributed by atoms with van der Waals surface area (Å²) in [4.78, 5) is 22.7. The van der Waals surface area contributed by atoms with Crippen molar-refractivity contribution in [1.29, 1.82) is 0 Å². The number of unbranched alkanes of at least 4 members (excludes halogenated alkanes) is 1. The second kappa shape index (κ2) is 10.1. The molecule has 1 heterocycles. The minimum absolute atomic E-state index is 0.0394. The summed E-state index contributed by atoms with van der Waals surface area (Å²) in [5.74, 6) is -1.05. The average molecular weight is 335 g/mol. The van der Waals surface area contributed by atoms with E-state index in [9.17, 15) is 9.59 Å². The molecule has 1 amide bonds. The van der Waals surface area contributed by atoms with Gasteiger partial charge in [0.05, 0.1) is 18.8 Å². The quantitative estimate of drug-likeness (QED) is 0.672. The predicted molar refractivity (Wildman–Crippen MR) is 88.7 cm³/mol. The minimum Gasteiger partial charge on any atom is -0.480 e. The van der Waals surface area contributed by atoms with E-state index in [1.54, 1.807) is 0 Å². The fourth-order valence-corrected chi connectivity index (χ4v) is 2.77. The number of rotatable bonds is 9. The van der Waals surface area contributed by atoms with E-state index < -0.39 is 5.97 Å². The van der Waals surface area contributed by atoms with Gasteiger partial charge in [0.1, 0.15) is 6.61 Å². The number of aliphatic carboxylic acids is 1. The van der Waals surface area contributed by atoms with Crippen molar-refractivity contribution >= 4 is 11.9 Å². The predicted octanol–water partition coefficient (Wildman–Crippen LogP) is 1.77. The summed E-state index contributed by atoms with van der Waals surface area (Å²) in [7, 11) is 0. The second-order valence-corrected chi connectivity index (χ2v) is 5.97. The lowest BCUT2D eigenvalue weighted by Gasteiger charge is -2.31. The van der Waals surface area contributed by atoms with Gasteiger partial charge >= 0.3 is 5.97 Å². The van der Waals surface area contributed by atoms with Gasteiger partial charge in [-0.05, 0) is 31.2 Å². The standard InChI is InChI=1S/C18H25NO5/c20-17(9-5-4-8-14-6-2-1-3-7-14)19-15-12-23-11-10-16(15)24-13-18(21)22/h1-3,6-7,15-16H,4-5,8-13H2,(H,19,20)(H,21,22)/t15-,16+/m1/s1. The summed E-state index contributed by atoms with van der Waals surface area (Å²) in [5, 5.41) is 11.6. The van der Waals surface area contributed by atoms with Crippen LogP contribution in [0, 0.1) is 0 Å². The van der Waals surface area contributed by atoms with Gasteiger partial charge < -0.3 is 19.9 Å². The number of carbonyl (C=O) groups excluding carboxylic acids is 1. The van der Waals surface area contributed by atoms with E-state index in [1.807, 2.05) is 18.2 Å². The van der Waals surface area contributed by atoms with Crippen LogP contribution in [0.1, 0.15) is 31.2 Å². The van der Waals surface area contributed by atoms with Crippen molar-refractivity contribution in [3.63, 3.8) is 0 Å². The largest absolute Gasteiger partial charge is 0.480 e. The molecular formula is C18H25NO5. The summed E-state index contributed by atoms with van der Waals surface area (Å²) in [6.45, 7) is 0.530. The van der Waals surface area contributed by atoms with E-state index in [-0.39, 0.29) is 24.7 Å². The maximum Gasteiger partial charge on any atom is 0.329 e. The minimum atomic E-state index is -1.01.